The van der Waals surface area contributed by atoms with Gasteiger partial charge in [0.1, 0.15) is 0 Å². The summed E-state index contributed by atoms with van der Waals surface area (Å²) in [5.74, 6) is 6.42. The molecule has 6 aromatic carbocycles. The molecule has 0 fully saturated rings. The highest BCUT2D eigenvalue weighted by atomic mass is 15.3. The Morgan fingerprint density at radius 1 is 0.397 bits per heavy atom. The van der Waals surface area contributed by atoms with Gasteiger partial charge in [0.25, 0.3) is 0 Å². The number of rotatable bonds is 5. The van der Waals surface area contributed by atoms with Crippen molar-refractivity contribution in [1.29, 1.82) is 0 Å². The number of anilines is 1. The minimum atomic E-state index is 0.0410. The number of nitrogen functional groups attached to an aromatic ring is 1. The fourth-order valence-electron chi connectivity index (χ4n) is 9.15. The van der Waals surface area contributed by atoms with Crippen molar-refractivity contribution in [2.45, 2.75) is 112 Å². The Labute approximate surface area is 373 Å². The van der Waals surface area contributed by atoms with Gasteiger partial charge in [0, 0.05) is 49.6 Å². The minimum absolute atomic E-state index is 0.0410. The highest BCUT2D eigenvalue weighted by Gasteiger charge is 2.24. The Balaban J connectivity index is 1.11. The third-order valence-corrected chi connectivity index (χ3v) is 13.1. The van der Waals surface area contributed by atoms with Crippen LogP contribution in [-0.4, -0.2) is 19.1 Å². The van der Waals surface area contributed by atoms with Crippen molar-refractivity contribution in [3.05, 3.63) is 149 Å². The van der Waals surface area contributed by atoms with Gasteiger partial charge < -0.3 is 9.13 Å². The van der Waals surface area contributed by atoms with E-state index in [2.05, 4.69) is 226 Å². The first-order chi connectivity index (χ1) is 29.6. The first-order valence-corrected chi connectivity index (χ1v) is 22.4. The van der Waals surface area contributed by atoms with E-state index in [0.29, 0.717) is 5.95 Å². The molecule has 0 amide bonds. The molecular weight excluding hydrogens is 769 g/mol. The van der Waals surface area contributed by atoms with Crippen LogP contribution in [0.15, 0.2) is 121 Å². The van der Waals surface area contributed by atoms with Gasteiger partial charge in [-0.25, -0.2) is 15.8 Å². The number of nitrogens with two attached hydrogens (primary N) is 1. The molecular formula is C57H62N6. The highest BCUT2D eigenvalue weighted by Crippen LogP contribution is 2.41. The number of nitrogens with zero attached hydrogens (tertiary/aromatic N) is 4. The lowest BCUT2D eigenvalue weighted by Gasteiger charge is -2.19. The Hall–Kier alpha value is -6.24. The van der Waals surface area contributed by atoms with E-state index in [9.17, 15) is 0 Å². The molecule has 0 aliphatic heterocycles. The SMILES string of the molecule is Cc1c(-c2ccc(-n3c4ccc(C(C)(C)C)cc4c4cc(C(C)(C)C)ccc43)cc2)nc(NN)nc1-c1ccc(-n2c3ccc(C(C)(C)C)cc3c3cc(C(C)(C)C)ccc32)cc1. The molecule has 6 heteroatoms. The van der Waals surface area contributed by atoms with Crippen molar-refractivity contribution in [1.82, 2.24) is 19.1 Å². The predicted octanol–water partition coefficient (Wildman–Crippen LogP) is 14.8. The second-order valence-corrected chi connectivity index (χ2v) is 21.7. The van der Waals surface area contributed by atoms with Gasteiger partial charge in [0.05, 0.1) is 33.5 Å². The molecule has 3 N–H and O–H groups in total. The minimum Gasteiger partial charge on any atom is -0.309 e. The second kappa shape index (κ2) is 14.7. The summed E-state index contributed by atoms with van der Waals surface area (Å²) in [6.45, 7) is 29.5. The summed E-state index contributed by atoms with van der Waals surface area (Å²) in [5.41, 5.74) is 19.8. The molecule has 320 valence electrons. The summed E-state index contributed by atoms with van der Waals surface area (Å²) in [6.07, 6.45) is 0. The first kappa shape index (κ1) is 42.1. The zero-order valence-corrected chi connectivity index (χ0v) is 39.4. The van der Waals surface area contributed by atoms with Crippen LogP contribution in [-0.2, 0) is 21.7 Å². The van der Waals surface area contributed by atoms with E-state index in [1.54, 1.807) is 0 Å². The van der Waals surface area contributed by atoms with E-state index in [1.165, 1.54) is 65.9 Å². The van der Waals surface area contributed by atoms with Gasteiger partial charge in [-0.15, -0.1) is 0 Å². The van der Waals surface area contributed by atoms with Crippen LogP contribution in [0.4, 0.5) is 5.95 Å². The number of benzene rings is 6. The van der Waals surface area contributed by atoms with E-state index in [0.717, 1.165) is 39.5 Å². The molecule has 6 nitrogen and oxygen atoms in total. The molecule has 0 unspecified atom stereocenters. The molecule has 0 saturated heterocycles. The van der Waals surface area contributed by atoms with Gasteiger partial charge in [0.2, 0.25) is 5.95 Å². The van der Waals surface area contributed by atoms with E-state index in [-0.39, 0.29) is 21.7 Å². The first-order valence-electron chi connectivity index (χ1n) is 22.4. The third-order valence-electron chi connectivity index (χ3n) is 13.1. The maximum absolute atomic E-state index is 6.05. The van der Waals surface area contributed by atoms with Gasteiger partial charge in [-0.05, 0) is 124 Å². The summed E-state index contributed by atoms with van der Waals surface area (Å²) in [6, 6.07) is 45.3. The van der Waals surface area contributed by atoms with E-state index < -0.39 is 0 Å². The molecule has 0 radical (unpaired) electrons. The van der Waals surface area contributed by atoms with Crippen molar-refractivity contribution in [3.8, 4) is 33.9 Å². The molecule has 0 bridgehead atoms. The topological polar surface area (TPSA) is 73.7 Å². The maximum atomic E-state index is 6.05. The molecule has 0 spiro atoms. The second-order valence-electron chi connectivity index (χ2n) is 21.7. The largest absolute Gasteiger partial charge is 0.309 e. The maximum Gasteiger partial charge on any atom is 0.238 e. The van der Waals surface area contributed by atoms with Crippen LogP contribution in [0.25, 0.3) is 77.5 Å². The number of aromatic nitrogens is 4. The number of fused-ring (bicyclic) bond motifs is 6. The van der Waals surface area contributed by atoms with Crippen molar-refractivity contribution in [2.24, 2.45) is 5.84 Å². The lowest BCUT2D eigenvalue weighted by Crippen LogP contribution is -2.12. The van der Waals surface area contributed by atoms with Crippen molar-refractivity contribution < 1.29 is 0 Å². The average Bonchev–Trinajstić information content (AvgIpc) is 3.74. The van der Waals surface area contributed by atoms with Crippen LogP contribution in [0.3, 0.4) is 0 Å². The number of nitrogens with one attached hydrogen (secondary N) is 1. The fraction of sp³-hybridized carbons (Fsp3) is 0.298. The monoisotopic (exact) mass is 831 g/mol. The summed E-state index contributed by atoms with van der Waals surface area (Å²) in [5, 5.41) is 5.10. The van der Waals surface area contributed by atoms with Crippen LogP contribution in [0.1, 0.15) is 111 Å². The molecule has 0 aliphatic rings. The summed E-state index contributed by atoms with van der Waals surface area (Å²) in [7, 11) is 0. The standard InChI is InChI=1S/C57H62N6/c1-34-51(35-14-22-41(23-15-35)62-47-26-18-37(54(2,3)4)30-43(47)44-31-38(55(5,6)7)19-27-48(44)62)59-53(61-58)60-52(34)36-16-24-42(25-17-36)63-49-28-20-39(56(8,9)10)32-45(49)46-33-40(57(11,12)13)21-29-50(46)63/h14-33H,58H2,1-13H3,(H,59,60,61). The van der Waals surface area contributed by atoms with Crippen molar-refractivity contribution in [3.63, 3.8) is 0 Å². The van der Waals surface area contributed by atoms with Crippen molar-refractivity contribution >= 4 is 49.6 Å². The van der Waals surface area contributed by atoms with Crippen LogP contribution in [0.2, 0.25) is 0 Å². The Kier molecular flexibility index (Phi) is 9.80. The van der Waals surface area contributed by atoms with Gasteiger partial charge in [-0.3, -0.25) is 5.43 Å². The molecule has 3 heterocycles. The Morgan fingerprint density at radius 2 is 0.667 bits per heavy atom. The van der Waals surface area contributed by atoms with Crippen LogP contribution in [0.5, 0.6) is 0 Å². The molecule has 0 atom stereocenters. The lowest BCUT2D eigenvalue weighted by atomic mass is 9.85. The fourth-order valence-corrected chi connectivity index (χ4v) is 9.15. The van der Waals surface area contributed by atoms with Gasteiger partial charge >= 0.3 is 0 Å². The molecule has 0 aliphatic carbocycles. The van der Waals surface area contributed by atoms with Crippen LogP contribution in [0, 0.1) is 6.92 Å². The van der Waals surface area contributed by atoms with E-state index in [1.807, 2.05) is 0 Å². The van der Waals surface area contributed by atoms with Crippen molar-refractivity contribution in [2.75, 3.05) is 5.43 Å². The smallest absolute Gasteiger partial charge is 0.238 e. The zero-order valence-electron chi connectivity index (χ0n) is 39.4. The van der Waals surface area contributed by atoms with Crippen LogP contribution < -0.4 is 11.3 Å². The van der Waals surface area contributed by atoms with E-state index in [4.69, 9.17) is 15.8 Å². The average molecular weight is 831 g/mol. The summed E-state index contributed by atoms with van der Waals surface area (Å²) < 4.78 is 4.79. The van der Waals surface area contributed by atoms with Gasteiger partial charge in [0.15, 0.2) is 0 Å². The van der Waals surface area contributed by atoms with Gasteiger partial charge in [-0.2, -0.15) is 0 Å². The summed E-state index contributed by atoms with van der Waals surface area (Å²) >= 11 is 0. The number of hydrazine groups is 1. The normalized spacial score (nSPS) is 12.9. The molecule has 3 aromatic heterocycles. The highest BCUT2D eigenvalue weighted by molar-refractivity contribution is 6.11. The Morgan fingerprint density at radius 3 is 0.905 bits per heavy atom. The zero-order chi connectivity index (χ0) is 45.0. The Bertz CT molecular complexity index is 2870. The molecule has 0 saturated carbocycles. The lowest BCUT2D eigenvalue weighted by molar-refractivity contribution is 0.590. The number of hydrogen-bond acceptors (Lipinski definition) is 4. The van der Waals surface area contributed by atoms with E-state index >= 15 is 0 Å². The quantitative estimate of drug-likeness (QED) is 0.134. The molecule has 63 heavy (non-hydrogen) atoms. The number of hydrogen-bond donors (Lipinski definition) is 2. The third kappa shape index (κ3) is 7.38. The van der Waals surface area contributed by atoms with Crippen LogP contribution >= 0.6 is 0 Å². The molecule has 9 aromatic rings. The predicted molar refractivity (Wildman–Crippen MR) is 269 cm³/mol. The van der Waals surface area contributed by atoms with Gasteiger partial charge in [-0.1, -0.05) is 132 Å². The molecule has 9 rings (SSSR count). The summed E-state index contributed by atoms with van der Waals surface area (Å²) in [4.78, 5) is 9.84.